The van der Waals surface area contributed by atoms with Gasteiger partial charge in [-0.1, -0.05) is 18.2 Å². The van der Waals surface area contributed by atoms with Gasteiger partial charge in [-0.25, -0.2) is 4.79 Å². The molecular formula is C15H19NO5. The Morgan fingerprint density at radius 1 is 1.38 bits per heavy atom. The maximum Gasteiger partial charge on any atom is 0.326 e. The fraction of sp³-hybridized carbons (Fsp3) is 0.467. The summed E-state index contributed by atoms with van der Waals surface area (Å²) in [6.07, 6.45) is -0.600. The van der Waals surface area contributed by atoms with Crippen LogP contribution in [0.1, 0.15) is 18.4 Å². The molecule has 0 aromatic heterocycles. The average molecular weight is 293 g/mol. The largest absolute Gasteiger partial charge is 0.493 e. The minimum absolute atomic E-state index is 0.0696. The Hall–Kier alpha value is -2.08. The molecule has 0 bridgehead atoms. The molecule has 1 aromatic rings. The van der Waals surface area contributed by atoms with Crippen molar-refractivity contribution >= 4 is 11.9 Å². The van der Waals surface area contributed by atoms with E-state index in [1.54, 1.807) is 0 Å². The van der Waals surface area contributed by atoms with Crippen molar-refractivity contribution in [2.75, 3.05) is 13.2 Å². The van der Waals surface area contributed by atoms with Gasteiger partial charge in [0.15, 0.2) is 0 Å². The zero-order chi connectivity index (χ0) is 15.4. The number of amides is 1. The molecule has 1 aliphatic rings. The van der Waals surface area contributed by atoms with E-state index in [1.807, 2.05) is 31.2 Å². The van der Waals surface area contributed by atoms with Crippen molar-refractivity contribution in [1.82, 2.24) is 4.90 Å². The smallest absolute Gasteiger partial charge is 0.326 e. The fourth-order valence-corrected chi connectivity index (χ4v) is 2.43. The van der Waals surface area contributed by atoms with Crippen molar-refractivity contribution in [3.8, 4) is 5.75 Å². The van der Waals surface area contributed by atoms with Crippen LogP contribution in [0.5, 0.6) is 5.75 Å². The average Bonchev–Trinajstić information content (AvgIpc) is 2.83. The van der Waals surface area contributed by atoms with Crippen LogP contribution in [0.3, 0.4) is 0 Å². The number of aryl methyl sites for hydroxylation is 1. The molecule has 1 amide bonds. The van der Waals surface area contributed by atoms with Gasteiger partial charge in [0.1, 0.15) is 11.8 Å². The number of hydrogen-bond acceptors (Lipinski definition) is 4. The third-order valence-corrected chi connectivity index (χ3v) is 3.55. The lowest BCUT2D eigenvalue weighted by Gasteiger charge is -2.21. The van der Waals surface area contributed by atoms with Crippen LogP contribution in [0.4, 0.5) is 0 Å². The van der Waals surface area contributed by atoms with Crippen molar-refractivity contribution in [3.63, 3.8) is 0 Å². The van der Waals surface area contributed by atoms with Gasteiger partial charge in [0.2, 0.25) is 5.91 Å². The van der Waals surface area contributed by atoms with E-state index in [0.29, 0.717) is 5.75 Å². The first-order valence-electron chi connectivity index (χ1n) is 6.88. The lowest BCUT2D eigenvalue weighted by Crippen LogP contribution is -2.41. The van der Waals surface area contributed by atoms with Crippen LogP contribution in [-0.2, 0) is 9.59 Å². The van der Waals surface area contributed by atoms with E-state index in [1.165, 1.54) is 4.90 Å². The molecule has 1 saturated heterocycles. The van der Waals surface area contributed by atoms with Gasteiger partial charge in [-0.2, -0.15) is 0 Å². The molecule has 21 heavy (non-hydrogen) atoms. The molecule has 2 N–H and O–H groups in total. The van der Waals surface area contributed by atoms with Gasteiger partial charge in [0.05, 0.1) is 19.1 Å². The summed E-state index contributed by atoms with van der Waals surface area (Å²) in [6.45, 7) is 2.16. The maximum absolute atomic E-state index is 12.1. The number of carboxylic acid groups (broad SMARTS) is 1. The van der Waals surface area contributed by atoms with Gasteiger partial charge in [-0.15, -0.1) is 0 Å². The summed E-state index contributed by atoms with van der Waals surface area (Å²) in [4.78, 5) is 24.3. The number of nitrogens with zero attached hydrogens (tertiary/aromatic N) is 1. The maximum atomic E-state index is 12.1. The van der Waals surface area contributed by atoms with Crippen LogP contribution in [0.25, 0.3) is 0 Å². The normalized spacial score (nSPS) is 21.3. The molecule has 0 unspecified atom stereocenters. The van der Waals surface area contributed by atoms with Gasteiger partial charge in [0.25, 0.3) is 0 Å². The van der Waals surface area contributed by atoms with Crippen LogP contribution in [-0.4, -0.2) is 52.3 Å². The number of carbonyl (C=O) groups is 2. The van der Waals surface area contributed by atoms with Crippen LogP contribution >= 0.6 is 0 Å². The molecular weight excluding hydrogens is 274 g/mol. The van der Waals surface area contributed by atoms with E-state index in [-0.39, 0.29) is 31.9 Å². The van der Waals surface area contributed by atoms with Crippen molar-refractivity contribution in [3.05, 3.63) is 29.8 Å². The van der Waals surface area contributed by atoms with Gasteiger partial charge < -0.3 is 19.8 Å². The highest BCUT2D eigenvalue weighted by Gasteiger charge is 2.38. The van der Waals surface area contributed by atoms with E-state index >= 15 is 0 Å². The van der Waals surface area contributed by atoms with Gasteiger partial charge in [-0.05, 0) is 18.6 Å². The molecule has 2 atom stereocenters. The lowest BCUT2D eigenvalue weighted by atomic mass is 10.2. The van der Waals surface area contributed by atoms with E-state index in [0.717, 1.165) is 5.56 Å². The molecule has 114 valence electrons. The fourth-order valence-electron chi connectivity index (χ4n) is 2.43. The Kier molecular flexibility index (Phi) is 4.80. The van der Waals surface area contributed by atoms with E-state index in [4.69, 9.17) is 9.84 Å². The molecule has 6 heteroatoms. The molecule has 1 aromatic carbocycles. The van der Waals surface area contributed by atoms with E-state index in [2.05, 4.69) is 0 Å². The highest BCUT2D eigenvalue weighted by molar-refractivity contribution is 5.84. The molecule has 0 spiro atoms. The standard InChI is InChI=1S/C15H19NO5/c1-10-4-2-3-5-13(10)21-7-6-14(18)16-9-11(17)8-12(16)15(19)20/h2-5,11-12,17H,6-9H2,1H3,(H,19,20)/t11-,12+/m1/s1. The number of rotatable bonds is 5. The monoisotopic (exact) mass is 293 g/mol. The first-order chi connectivity index (χ1) is 9.99. The number of aliphatic hydroxyl groups excluding tert-OH is 1. The Morgan fingerprint density at radius 3 is 2.76 bits per heavy atom. The molecule has 6 nitrogen and oxygen atoms in total. The zero-order valence-electron chi connectivity index (χ0n) is 11.9. The summed E-state index contributed by atoms with van der Waals surface area (Å²) >= 11 is 0. The Bertz CT molecular complexity index is 531. The van der Waals surface area contributed by atoms with Crippen LogP contribution < -0.4 is 4.74 Å². The van der Waals surface area contributed by atoms with Crippen molar-refractivity contribution in [2.45, 2.75) is 31.9 Å². The Morgan fingerprint density at radius 2 is 2.10 bits per heavy atom. The summed E-state index contributed by atoms with van der Waals surface area (Å²) < 4.78 is 5.53. The number of carboxylic acids is 1. The third-order valence-electron chi connectivity index (χ3n) is 3.55. The Balaban J connectivity index is 1.87. The quantitative estimate of drug-likeness (QED) is 0.839. The predicted octanol–water partition coefficient (Wildman–Crippen LogP) is 0.810. The number of likely N-dealkylation sites (tertiary alicyclic amines) is 1. The lowest BCUT2D eigenvalue weighted by molar-refractivity contribution is -0.148. The molecule has 0 saturated carbocycles. The number of para-hydroxylation sites is 1. The van der Waals surface area contributed by atoms with Crippen molar-refractivity contribution in [2.24, 2.45) is 0 Å². The first kappa shape index (κ1) is 15.3. The zero-order valence-corrected chi connectivity index (χ0v) is 11.9. The second-order valence-corrected chi connectivity index (χ2v) is 5.15. The number of ether oxygens (including phenoxy) is 1. The topological polar surface area (TPSA) is 87.1 Å². The molecule has 1 fully saturated rings. The van der Waals surface area contributed by atoms with Crippen LogP contribution in [0, 0.1) is 6.92 Å². The van der Waals surface area contributed by atoms with E-state index < -0.39 is 18.1 Å². The summed E-state index contributed by atoms with van der Waals surface area (Å²) in [7, 11) is 0. The number of aliphatic hydroxyl groups is 1. The predicted molar refractivity (Wildman–Crippen MR) is 75.1 cm³/mol. The summed E-state index contributed by atoms with van der Waals surface area (Å²) in [5.41, 5.74) is 0.977. The third kappa shape index (κ3) is 3.72. The molecule has 2 rings (SSSR count). The van der Waals surface area contributed by atoms with Gasteiger partial charge in [0, 0.05) is 13.0 Å². The number of benzene rings is 1. The minimum atomic E-state index is -1.08. The SMILES string of the molecule is Cc1ccccc1OCCC(=O)N1C[C@H](O)C[C@H]1C(=O)O. The van der Waals surface area contributed by atoms with Crippen molar-refractivity contribution in [1.29, 1.82) is 0 Å². The molecule has 0 aliphatic carbocycles. The van der Waals surface area contributed by atoms with Crippen LogP contribution in [0.2, 0.25) is 0 Å². The summed E-state index contributed by atoms with van der Waals surface area (Å²) in [5.74, 6) is -0.686. The number of hydrogen-bond donors (Lipinski definition) is 2. The first-order valence-corrected chi connectivity index (χ1v) is 6.88. The van der Waals surface area contributed by atoms with E-state index in [9.17, 15) is 14.7 Å². The summed E-state index contributed by atoms with van der Waals surface area (Å²) in [6, 6.07) is 6.54. The second-order valence-electron chi connectivity index (χ2n) is 5.15. The number of carbonyl (C=O) groups excluding carboxylic acids is 1. The highest BCUT2D eigenvalue weighted by atomic mass is 16.5. The molecule has 1 heterocycles. The van der Waals surface area contributed by atoms with Gasteiger partial charge >= 0.3 is 5.97 Å². The summed E-state index contributed by atoms with van der Waals surface area (Å²) in [5, 5.41) is 18.6. The Labute approximate surface area is 122 Å². The van der Waals surface area contributed by atoms with Crippen molar-refractivity contribution < 1.29 is 24.5 Å². The van der Waals surface area contributed by atoms with Gasteiger partial charge in [-0.3, -0.25) is 4.79 Å². The molecule has 0 radical (unpaired) electrons. The number of β-amino-alcohol motifs (C(OH)–C–C–N with tert-alkyl or cyclic N) is 1. The molecule has 1 aliphatic heterocycles. The highest BCUT2D eigenvalue weighted by Crippen LogP contribution is 2.20. The minimum Gasteiger partial charge on any atom is -0.493 e. The number of aliphatic carboxylic acids is 1. The second kappa shape index (κ2) is 6.58. The van der Waals surface area contributed by atoms with Crippen LogP contribution in [0.15, 0.2) is 24.3 Å².